The van der Waals surface area contributed by atoms with Gasteiger partial charge >= 0.3 is 0 Å². The van der Waals surface area contributed by atoms with Crippen molar-refractivity contribution in [2.75, 3.05) is 26.5 Å². The van der Waals surface area contributed by atoms with Gasteiger partial charge in [0, 0.05) is 12.3 Å². The quantitative estimate of drug-likeness (QED) is 0.579. The number of methoxy groups -OCH3 is 2. The molecule has 0 spiro atoms. The summed E-state index contributed by atoms with van der Waals surface area (Å²) in [6.45, 7) is 2.76. The molecule has 1 fully saturated rings. The summed E-state index contributed by atoms with van der Waals surface area (Å²) in [5, 5.41) is 4.62. The first-order valence-electron chi connectivity index (χ1n) is 10.1. The SMILES string of the molecule is CCCCCNC(=O)C1CSC(c2ccc(OC)c(OC)c2)N1C(=O)c1cccs1. The molecule has 0 saturated carbocycles. The number of thioether (sulfide) groups is 1. The highest BCUT2D eigenvalue weighted by atomic mass is 32.2. The average Bonchev–Trinajstić information content (AvgIpc) is 3.46. The van der Waals surface area contributed by atoms with Crippen LogP contribution >= 0.6 is 23.1 Å². The Morgan fingerprint density at radius 3 is 2.63 bits per heavy atom. The van der Waals surface area contributed by atoms with Crippen molar-refractivity contribution in [3.63, 3.8) is 0 Å². The van der Waals surface area contributed by atoms with Crippen molar-refractivity contribution in [2.45, 2.75) is 37.6 Å². The molecule has 1 saturated heterocycles. The topological polar surface area (TPSA) is 67.9 Å². The molecule has 0 aliphatic carbocycles. The van der Waals surface area contributed by atoms with E-state index in [0.717, 1.165) is 24.8 Å². The predicted molar refractivity (Wildman–Crippen MR) is 122 cm³/mol. The Morgan fingerprint density at radius 2 is 1.97 bits per heavy atom. The summed E-state index contributed by atoms with van der Waals surface area (Å²) in [6.07, 6.45) is 3.12. The number of amides is 2. The van der Waals surface area contributed by atoms with Gasteiger partial charge in [-0.05, 0) is 35.6 Å². The monoisotopic (exact) mass is 448 g/mol. The second-order valence-corrected chi connectivity index (χ2v) is 9.06. The fourth-order valence-corrected chi connectivity index (χ4v) is 5.54. The van der Waals surface area contributed by atoms with Crippen LogP contribution in [0.25, 0.3) is 0 Å². The molecule has 1 aliphatic heterocycles. The van der Waals surface area contributed by atoms with E-state index < -0.39 is 6.04 Å². The van der Waals surface area contributed by atoms with Crippen molar-refractivity contribution in [1.82, 2.24) is 10.2 Å². The number of rotatable bonds is 9. The van der Waals surface area contributed by atoms with E-state index >= 15 is 0 Å². The van der Waals surface area contributed by atoms with Gasteiger partial charge in [-0.3, -0.25) is 9.59 Å². The smallest absolute Gasteiger partial charge is 0.265 e. The zero-order chi connectivity index (χ0) is 21.5. The van der Waals surface area contributed by atoms with Crippen LogP contribution in [-0.4, -0.2) is 49.3 Å². The van der Waals surface area contributed by atoms with Gasteiger partial charge in [0.2, 0.25) is 5.91 Å². The van der Waals surface area contributed by atoms with Gasteiger partial charge in [0.05, 0.1) is 19.1 Å². The van der Waals surface area contributed by atoms with Crippen LogP contribution in [-0.2, 0) is 4.79 Å². The molecule has 1 aromatic heterocycles. The number of benzene rings is 1. The summed E-state index contributed by atoms with van der Waals surface area (Å²) in [5.41, 5.74) is 0.906. The maximum absolute atomic E-state index is 13.3. The lowest BCUT2D eigenvalue weighted by Crippen LogP contribution is -2.48. The van der Waals surface area contributed by atoms with E-state index in [1.54, 1.807) is 36.9 Å². The first kappa shape index (κ1) is 22.5. The van der Waals surface area contributed by atoms with Crippen LogP contribution < -0.4 is 14.8 Å². The molecule has 2 unspecified atom stereocenters. The van der Waals surface area contributed by atoms with E-state index in [2.05, 4.69) is 12.2 Å². The van der Waals surface area contributed by atoms with Crippen LogP contribution in [0.1, 0.15) is 46.8 Å². The van der Waals surface area contributed by atoms with Gasteiger partial charge in [-0.15, -0.1) is 23.1 Å². The number of nitrogens with one attached hydrogen (secondary N) is 1. The van der Waals surface area contributed by atoms with E-state index in [9.17, 15) is 9.59 Å². The third kappa shape index (κ3) is 4.92. The third-order valence-corrected chi connectivity index (χ3v) is 7.22. The van der Waals surface area contributed by atoms with Crippen molar-refractivity contribution in [3.05, 3.63) is 46.2 Å². The minimum atomic E-state index is -0.510. The Balaban J connectivity index is 1.87. The maximum Gasteiger partial charge on any atom is 0.265 e. The molecule has 3 rings (SSSR count). The summed E-state index contributed by atoms with van der Waals surface area (Å²) in [6, 6.07) is 8.79. The summed E-state index contributed by atoms with van der Waals surface area (Å²) in [5.74, 6) is 1.57. The van der Waals surface area contributed by atoms with Gasteiger partial charge in [-0.25, -0.2) is 0 Å². The molecular weight excluding hydrogens is 420 g/mol. The van der Waals surface area contributed by atoms with Gasteiger partial charge in [-0.2, -0.15) is 0 Å². The summed E-state index contributed by atoms with van der Waals surface area (Å²) >= 11 is 2.98. The fourth-order valence-electron chi connectivity index (χ4n) is 3.45. The number of hydrogen-bond donors (Lipinski definition) is 1. The predicted octanol–water partition coefficient (Wildman–Crippen LogP) is 4.33. The first-order valence-corrected chi connectivity index (χ1v) is 12.0. The molecule has 0 bridgehead atoms. The van der Waals surface area contributed by atoms with Gasteiger partial charge in [0.15, 0.2) is 11.5 Å². The molecule has 162 valence electrons. The average molecular weight is 449 g/mol. The second-order valence-electron chi connectivity index (χ2n) is 7.00. The van der Waals surface area contributed by atoms with Crippen molar-refractivity contribution in [3.8, 4) is 11.5 Å². The Bertz CT molecular complexity index is 857. The molecule has 6 nitrogen and oxygen atoms in total. The number of ether oxygens (including phenoxy) is 2. The Kier molecular flexibility index (Phi) is 8.04. The molecular formula is C22H28N2O4S2. The summed E-state index contributed by atoms with van der Waals surface area (Å²) < 4.78 is 10.8. The standard InChI is InChI=1S/C22H28N2O4S2/c1-4-5-6-11-23-20(25)16-14-30-22(24(16)21(26)19-8-7-12-29-19)15-9-10-17(27-2)18(13-15)28-3/h7-10,12-13,16,22H,4-6,11,14H2,1-3H3,(H,23,25). The first-order chi connectivity index (χ1) is 14.6. The highest BCUT2D eigenvalue weighted by Crippen LogP contribution is 2.44. The number of carbonyl (C=O) groups is 2. The Morgan fingerprint density at radius 1 is 1.17 bits per heavy atom. The van der Waals surface area contributed by atoms with Gasteiger partial charge in [0.25, 0.3) is 5.91 Å². The Hall–Kier alpha value is -2.19. The number of nitrogens with zero attached hydrogens (tertiary/aromatic N) is 1. The highest BCUT2D eigenvalue weighted by Gasteiger charge is 2.43. The van der Waals surface area contributed by atoms with Crippen LogP contribution in [0.3, 0.4) is 0 Å². The van der Waals surface area contributed by atoms with Gasteiger partial charge in [0.1, 0.15) is 11.4 Å². The number of hydrogen-bond acceptors (Lipinski definition) is 6. The number of unbranched alkanes of at least 4 members (excludes halogenated alkanes) is 2. The van der Waals surface area contributed by atoms with Crippen LogP contribution in [0.4, 0.5) is 0 Å². The lowest BCUT2D eigenvalue weighted by Gasteiger charge is -2.29. The van der Waals surface area contributed by atoms with Crippen LogP contribution in [0, 0.1) is 0 Å². The zero-order valence-corrected chi connectivity index (χ0v) is 19.2. The minimum absolute atomic E-state index is 0.0912. The van der Waals surface area contributed by atoms with Crippen LogP contribution in [0.2, 0.25) is 0 Å². The van der Waals surface area contributed by atoms with E-state index in [1.807, 2.05) is 29.6 Å². The summed E-state index contributed by atoms with van der Waals surface area (Å²) in [4.78, 5) is 28.6. The van der Waals surface area contributed by atoms with Crippen molar-refractivity contribution < 1.29 is 19.1 Å². The van der Waals surface area contributed by atoms with Crippen molar-refractivity contribution in [2.24, 2.45) is 0 Å². The molecule has 2 amide bonds. The minimum Gasteiger partial charge on any atom is -0.493 e. The maximum atomic E-state index is 13.3. The zero-order valence-electron chi connectivity index (χ0n) is 17.6. The van der Waals surface area contributed by atoms with E-state index in [0.29, 0.717) is 28.7 Å². The fraction of sp³-hybridized carbons (Fsp3) is 0.455. The lowest BCUT2D eigenvalue weighted by molar-refractivity contribution is -0.124. The molecule has 30 heavy (non-hydrogen) atoms. The van der Waals surface area contributed by atoms with Crippen LogP contribution in [0.15, 0.2) is 35.7 Å². The third-order valence-electron chi connectivity index (χ3n) is 5.04. The van der Waals surface area contributed by atoms with Crippen molar-refractivity contribution >= 4 is 34.9 Å². The molecule has 2 aromatic rings. The largest absolute Gasteiger partial charge is 0.493 e. The van der Waals surface area contributed by atoms with E-state index in [1.165, 1.54) is 11.3 Å². The van der Waals surface area contributed by atoms with Gasteiger partial charge < -0.3 is 19.7 Å². The lowest BCUT2D eigenvalue weighted by atomic mass is 10.1. The normalized spacial score (nSPS) is 18.3. The van der Waals surface area contributed by atoms with Crippen LogP contribution in [0.5, 0.6) is 11.5 Å². The molecule has 2 atom stereocenters. The van der Waals surface area contributed by atoms with Crippen molar-refractivity contribution in [1.29, 1.82) is 0 Å². The van der Waals surface area contributed by atoms with E-state index in [4.69, 9.17) is 9.47 Å². The molecule has 8 heteroatoms. The molecule has 1 aromatic carbocycles. The molecule has 2 heterocycles. The van der Waals surface area contributed by atoms with E-state index in [-0.39, 0.29) is 17.2 Å². The molecule has 0 radical (unpaired) electrons. The second kappa shape index (κ2) is 10.7. The van der Waals surface area contributed by atoms with Gasteiger partial charge in [-0.1, -0.05) is 31.9 Å². The number of thiophene rings is 1. The number of carbonyl (C=O) groups excluding carboxylic acids is 2. The summed E-state index contributed by atoms with van der Waals surface area (Å²) in [7, 11) is 3.18. The Labute approximate surface area is 185 Å². The molecule has 1 N–H and O–H groups in total. The highest BCUT2D eigenvalue weighted by molar-refractivity contribution is 7.99. The molecule has 1 aliphatic rings.